The van der Waals surface area contributed by atoms with Gasteiger partial charge in [0.15, 0.2) is 9.76 Å². The second-order valence-corrected chi connectivity index (χ2v) is 9.84. The fraction of sp³-hybridized carbons (Fsp3) is 1.00. The molecule has 0 bridgehead atoms. The summed E-state index contributed by atoms with van der Waals surface area (Å²) in [4.78, 5) is 0. The highest BCUT2D eigenvalue weighted by Gasteiger charge is 2.11. The van der Waals surface area contributed by atoms with Crippen LogP contribution in [0.15, 0.2) is 0 Å². The van der Waals surface area contributed by atoms with Gasteiger partial charge < -0.3 is 4.43 Å². The minimum Gasteiger partial charge on any atom is -0.421 e. The molecule has 0 saturated heterocycles. The lowest BCUT2D eigenvalue weighted by atomic mass is 10.9. The summed E-state index contributed by atoms with van der Waals surface area (Å²) < 4.78 is 5.33. The molecular formula is C6H17OSi2. The molecule has 9 heavy (non-hydrogen) atoms. The van der Waals surface area contributed by atoms with E-state index in [2.05, 4.69) is 26.2 Å². The Kier molecular flexibility index (Phi) is 4.43. The van der Waals surface area contributed by atoms with Crippen LogP contribution < -0.4 is 0 Å². The SMILES string of the molecule is C[SiH]OCC[Si](C)(C)C. The first kappa shape index (κ1) is 9.39. The summed E-state index contributed by atoms with van der Waals surface area (Å²) in [6.07, 6.45) is 0. The van der Waals surface area contributed by atoms with Crippen LogP contribution in [-0.4, -0.2) is 24.4 Å². The Morgan fingerprint density at radius 1 is 1.33 bits per heavy atom. The van der Waals surface area contributed by atoms with Crippen LogP contribution in [0.1, 0.15) is 0 Å². The van der Waals surface area contributed by atoms with E-state index < -0.39 is 8.07 Å². The number of hydrogen-bond acceptors (Lipinski definition) is 1. The smallest absolute Gasteiger partial charge is 0.189 e. The number of hydrogen-bond donors (Lipinski definition) is 0. The van der Waals surface area contributed by atoms with E-state index in [1.54, 1.807) is 0 Å². The van der Waals surface area contributed by atoms with Gasteiger partial charge in [-0.2, -0.15) is 0 Å². The van der Waals surface area contributed by atoms with Crippen molar-refractivity contribution in [1.29, 1.82) is 0 Å². The minimum atomic E-state index is -0.806. The Morgan fingerprint density at radius 2 is 1.89 bits per heavy atom. The summed E-state index contributed by atoms with van der Waals surface area (Å²) in [7, 11) is -0.540. The predicted molar refractivity (Wildman–Crippen MR) is 47.1 cm³/mol. The highest BCUT2D eigenvalue weighted by atomic mass is 28.3. The molecular weight excluding hydrogens is 144 g/mol. The van der Waals surface area contributed by atoms with Crippen molar-refractivity contribution >= 4 is 17.8 Å². The molecule has 0 amide bonds. The van der Waals surface area contributed by atoms with Gasteiger partial charge in [0.1, 0.15) is 0 Å². The van der Waals surface area contributed by atoms with Crippen molar-refractivity contribution in [3.05, 3.63) is 0 Å². The van der Waals surface area contributed by atoms with E-state index in [9.17, 15) is 0 Å². The highest BCUT2D eigenvalue weighted by Crippen LogP contribution is 2.06. The van der Waals surface area contributed by atoms with Gasteiger partial charge in [0.05, 0.1) is 0 Å². The zero-order chi connectivity index (χ0) is 7.33. The fourth-order valence-corrected chi connectivity index (χ4v) is 1.80. The van der Waals surface area contributed by atoms with E-state index in [1.807, 2.05) is 0 Å². The van der Waals surface area contributed by atoms with Crippen molar-refractivity contribution in [2.45, 2.75) is 32.2 Å². The van der Waals surface area contributed by atoms with Crippen LogP contribution >= 0.6 is 0 Å². The van der Waals surface area contributed by atoms with Crippen molar-refractivity contribution in [3.63, 3.8) is 0 Å². The van der Waals surface area contributed by atoms with Crippen LogP contribution in [0.4, 0.5) is 0 Å². The van der Waals surface area contributed by atoms with Gasteiger partial charge in [0, 0.05) is 14.7 Å². The van der Waals surface area contributed by atoms with Gasteiger partial charge >= 0.3 is 0 Å². The van der Waals surface area contributed by atoms with Crippen molar-refractivity contribution in [2.24, 2.45) is 0 Å². The lowest BCUT2D eigenvalue weighted by molar-refractivity contribution is 0.361. The fourth-order valence-electron chi connectivity index (χ4n) is 0.483. The minimum absolute atomic E-state index is 0.267. The van der Waals surface area contributed by atoms with Crippen molar-refractivity contribution in [1.82, 2.24) is 0 Å². The van der Waals surface area contributed by atoms with Crippen molar-refractivity contribution in [2.75, 3.05) is 6.61 Å². The largest absolute Gasteiger partial charge is 0.421 e. The molecule has 0 aromatic heterocycles. The second kappa shape index (κ2) is 4.25. The van der Waals surface area contributed by atoms with Gasteiger partial charge in [-0.3, -0.25) is 0 Å². The van der Waals surface area contributed by atoms with Crippen LogP contribution in [-0.2, 0) is 4.43 Å². The van der Waals surface area contributed by atoms with Gasteiger partial charge in [-0.1, -0.05) is 19.6 Å². The third kappa shape index (κ3) is 8.39. The first-order valence-corrected chi connectivity index (χ1v) is 8.79. The summed E-state index contributed by atoms with van der Waals surface area (Å²) in [6, 6.07) is 1.31. The summed E-state index contributed by atoms with van der Waals surface area (Å²) in [5.41, 5.74) is 0. The van der Waals surface area contributed by atoms with E-state index in [0.717, 1.165) is 6.61 Å². The molecule has 3 heteroatoms. The average molecular weight is 161 g/mol. The molecule has 0 aliphatic heterocycles. The summed E-state index contributed by atoms with van der Waals surface area (Å²) in [5.74, 6) is 0. The molecule has 0 aliphatic carbocycles. The molecule has 0 rings (SSSR count). The predicted octanol–water partition coefficient (Wildman–Crippen LogP) is 1.74. The molecule has 1 radical (unpaired) electrons. The number of rotatable bonds is 4. The Hall–Kier alpha value is 0.394. The molecule has 0 N–H and O–H groups in total. The molecule has 0 fully saturated rings. The standard InChI is InChI=1S/C6H17OSi2/c1-8-7-5-6-9(2,3)4/h8H,5-6H2,1-4H3. The normalized spacial score (nSPS) is 12.0. The Balaban J connectivity index is 3.07. The molecule has 0 unspecified atom stereocenters. The average Bonchev–Trinajstić information content (AvgIpc) is 1.63. The van der Waals surface area contributed by atoms with Crippen LogP contribution in [0.2, 0.25) is 32.2 Å². The zero-order valence-electron chi connectivity index (χ0n) is 6.90. The Labute approximate surface area is 61.8 Å². The maximum Gasteiger partial charge on any atom is 0.189 e. The van der Waals surface area contributed by atoms with Crippen LogP contribution in [0, 0.1) is 0 Å². The van der Waals surface area contributed by atoms with Crippen LogP contribution in [0.25, 0.3) is 0 Å². The summed E-state index contributed by atoms with van der Waals surface area (Å²) in [5, 5.41) is 0. The van der Waals surface area contributed by atoms with Crippen LogP contribution in [0.3, 0.4) is 0 Å². The summed E-state index contributed by atoms with van der Waals surface area (Å²) >= 11 is 0. The lowest BCUT2D eigenvalue weighted by Gasteiger charge is -2.14. The van der Waals surface area contributed by atoms with E-state index in [1.165, 1.54) is 6.04 Å². The molecule has 0 aromatic rings. The molecule has 55 valence electrons. The maximum atomic E-state index is 5.33. The topological polar surface area (TPSA) is 9.23 Å². The Morgan fingerprint density at radius 3 is 2.22 bits per heavy atom. The van der Waals surface area contributed by atoms with E-state index in [-0.39, 0.29) is 9.76 Å². The van der Waals surface area contributed by atoms with E-state index in [4.69, 9.17) is 4.43 Å². The van der Waals surface area contributed by atoms with E-state index >= 15 is 0 Å². The lowest BCUT2D eigenvalue weighted by Crippen LogP contribution is -2.21. The Bertz CT molecular complexity index is 67.9. The van der Waals surface area contributed by atoms with E-state index in [0.29, 0.717) is 0 Å². The van der Waals surface area contributed by atoms with Crippen molar-refractivity contribution < 1.29 is 4.43 Å². The third-order valence-corrected chi connectivity index (χ3v) is 3.41. The monoisotopic (exact) mass is 161 g/mol. The van der Waals surface area contributed by atoms with Crippen LogP contribution in [0.5, 0.6) is 0 Å². The van der Waals surface area contributed by atoms with Gasteiger partial charge in [-0.05, 0) is 12.6 Å². The molecule has 0 aromatic carbocycles. The highest BCUT2D eigenvalue weighted by molar-refractivity contribution is 6.76. The second-order valence-electron chi connectivity index (χ2n) is 3.42. The first-order chi connectivity index (χ1) is 4.06. The molecule has 0 saturated carbocycles. The maximum absolute atomic E-state index is 5.33. The van der Waals surface area contributed by atoms with Gasteiger partial charge in [0.25, 0.3) is 0 Å². The van der Waals surface area contributed by atoms with Gasteiger partial charge in [-0.25, -0.2) is 0 Å². The quantitative estimate of drug-likeness (QED) is 0.451. The molecule has 0 aliphatic rings. The zero-order valence-corrected chi connectivity index (χ0v) is 9.05. The van der Waals surface area contributed by atoms with Crippen molar-refractivity contribution in [3.8, 4) is 0 Å². The first-order valence-electron chi connectivity index (χ1n) is 3.46. The van der Waals surface area contributed by atoms with Gasteiger partial charge in [-0.15, -0.1) is 0 Å². The van der Waals surface area contributed by atoms with Gasteiger partial charge in [0.2, 0.25) is 0 Å². The summed E-state index contributed by atoms with van der Waals surface area (Å²) in [6.45, 7) is 10.3. The molecule has 0 heterocycles. The third-order valence-electron chi connectivity index (χ3n) is 1.14. The molecule has 0 spiro atoms. The molecule has 0 atom stereocenters. The molecule has 1 nitrogen and oxygen atoms in total.